The minimum absolute atomic E-state index is 0.0632. The molecule has 2 bridgehead atoms. The lowest BCUT2D eigenvalue weighted by molar-refractivity contribution is -0.0476. The van der Waals surface area contributed by atoms with Gasteiger partial charge in [-0.05, 0) is 60.0 Å². The first-order chi connectivity index (χ1) is 13.2. The third-order valence-electron chi connectivity index (χ3n) is 5.94. The van der Waals surface area contributed by atoms with E-state index in [9.17, 15) is 9.18 Å². The molecule has 142 valence electrons. The summed E-state index contributed by atoms with van der Waals surface area (Å²) in [6.07, 6.45) is 1.75. The number of ether oxygens (including phenoxy) is 1. The van der Waals surface area contributed by atoms with Gasteiger partial charge < -0.3 is 4.74 Å². The molecule has 3 saturated heterocycles. The molecule has 1 aromatic carbocycles. The third kappa shape index (κ3) is 2.95. The van der Waals surface area contributed by atoms with Crippen LogP contribution in [0.4, 0.5) is 9.18 Å². The second-order valence-electron chi connectivity index (χ2n) is 7.47. The number of carbonyl (C=O) groups excluding carboxylic acids is 1. The van der Waals surface area contributed by atoms with Gasteiger partial charge in [-0.1, -0.05) is 12.1 Å². The van der Waals surface area contributed by atoms with Gasteiger partial charge in [0.1, 0.15) is 18.0 Å². The molecule has 0 aliphatic carbocycles. The van der Waals surface area contributed by atoms with E-state index in [1.807, 2.05) is 0 Å². The number of rotatable bonds is 2. The van der Waals surface area contributed by atoms with Crippen molar-refractivity contribution in [3.05, 3.63) is 41.5 Å². The molecular weight excluding hydrogens is 351 g/mol. The molecular formula is C18H21FN6O2. The SMILES string of the molecule is O=C(O[C@@H]1CN2CCC1CC2)N1CCn2nnnc2C1c1ccc(F)cc1. The molecule has 8 nitrogen and oxygen atoms in total. The molecule has 4 aliphatic heterocycles. The van der Waals surface area contributed by atoms with E-state index in [-0.39, 0.29) is 18.0 Å². The fourth-order valence-electron chi connectivity index (χ4n) is 4.45. The highest BCUT2D eigenvalue weighted by atomic mass is 19.1. The topological polar surface area (TPSA) is 76.4 Å². The first-order valence-electron chi connectivity index (χ1n) is 9.40. The van der Waals surface area contributed by atoms with Crippen molar-refractivity contribution >= 4 is 6.09 Å². The van der Waals surface area contributed by atoms with Crippen LogP contribution < -0.4 is 0 Å². The highest BCUT2D eigenvalue weighted by Gasteiger charge is 2.40. The summed E-state index contributed by atoms with van der Waals surface area (Å²) in [5.74, 6) is 0.688. The maximum atomic E-state index is 13.4. The van der Waals surface area contributed by atoms with Gasteiger partial charge in [-0.2, -0.15) is 0 Å². The summed E-state index contributed by atoms with van der Waals surface area (Å²) in [6.45, 7) is 3.95. The van der Waals surface area contributed by atoms with Crippen LogP contribution in [-0.4, -0.2) is 68.4 Å². The summed E-state index contributed by atoms with van der Waals surface area (Å²) in [5.41, 5.74) is 0.762. The van der Waals surface area contributed by atoms with E-state index in [0.717, 1.165) is 38.0 Å². The lowest BCUT2D eigenvalue weighted by Crippen LogP contribution is -2.53. The van der Waals surface area contributed by atoms with Gasteiger partial charge in [-0.15, -0.1) is 5.10 Å². The zero-order valence-electron chi connectivity index (χ0n) is 14.9. The number of benzene rings is 1. The van der Waals surface area contributed by atoms with E-state index >= 15 is 0 Å². The molecule has 6 rings (SSSR count). The van der Waals surface area contributed by atoms with Crippen LogP contribution in [-0.2, 0) is 11.3 Å². The highest BCUT2D eigenvalue weighted by molar-refractivity contribution is 5.69. The average molecular weight is 372 g/mol. The average Bonchev–Trinajstić information content (AvgIpc) is 3.18. The molecule has 0 spiro atoms. The van der Waals surface area contributed by atoms with Gasteiger partial charge in [-0.25, -0.2) is 13.9 Å². The van der Waals surface area contributed by atoms with Gasteiger partial charge in [-0.3, -0.25) is 9.80 Å². The zero-order chi connectivity index (χ0) is 18.4. The van der Waals surface area contributed by atoms with Crippen LogP contribution in [0.25, 0.3) is 0 Å². The Morgan fingerprint density at radius 1 is 1.11 bits per heavy atom. The fourth-order valence-corrected chi connectivity index (χ4v) is 4.45. The molecule has 0 radical (unpaired) electrons. The molecule has 2 aromatic rings. The predicted octanol–water partition coefficient (Wildman–Crippen LogP) is 1.45. The van der Waals surface area contributed by atoms with Gasteiger partial charge in [0.05, 0.1) is 6.54 Å². The first-order valence-corrected chi connectivity index (χ1v) is 9.40. The van der Waals surface area contributed by atoms with Crippen molar-refractivity contribution in [3.63, 3.8) is 0 Å². The van der Waals surface area contributed by atoms with Crippen molar-refractivity contribution in [1.29, 1.82) is 0 Å². The largest absolute Gasteiger partial charge is 0.444 e. The van der Waals surface area contributed by atoms with E-state index in [1.165, 1.54) is 12.1 Å². The molecule has 3 fully saturated rings. The summed E-state index contributed by atoms with van der Waals surface area (Å²) in [5, 5.41) is 11.8. The molecule has 1 amide bonds. The minimum atomic E-state index is -0.483. The number of halogens is 1. The van der Waals surface area contributed by atoms with E-state index in [4.69, 9.17) is 4.74 Å². The van der Waals surface area contributed by atoms with Crippen LogP contribution in [0.3, 0.4) is 0 Å². The minimum Gasteiger partial charge on any atom is -0.444 e. The molecule has 1 aromatic heterocycles. The summed E-state index contributed by atoms with van der Waals surface area (Å²) < 4.78 is 21.0. The van der Waals surface area contributed by atoms with E-state index in [0.29, 0.717) is 24.8 Å². The molecule has 2 atom stereocenters. The monoisotopic (exact) mass is 372 g/mol. The summed E-state index contributed by atoms with van der Waals surface area (Å²) in [7, 11) is 0. The Kier molecular flexibility index (Phi) is 4.04. The van der Waals surface area contributed by atoms with Crippen molar-refractivity contribution in [1.82, 2.24) is 30.0 Å². The smallest absolute Gasteiger partial charge is 0.411 e. The second-order valence-corrected chi connectivity index (χ2v) is 7.47. The van der Waals surface area contributed by atoms with Crippen LogP contribution in [0.15, 0.2) is 24.3 Å². The molecule has 1 unspecified atom stereocenters. The lowest BCUT2D eigenvalue weighted by Gasteiger charge is -2.45. The van der Waals surface area contributed by atoms with Crippen LogP contribution in [0.5, 0.6) is 0 Å². The number of nitrogens with zero attached hydrogens (tertiary/aromatic N) is 6. The number of hydrogen-bond acceptors (Lipinski definition) is 6. The molecule has 0 N–H and O–H groups in total. The molecule has 4 aliphatic rings. The highest BCUT2D eigenvalue weighted by Crippen LogP contribution is 2.33. The predicted molar refractivity (Wildman–Crippen MR) is 92.2 cm³/mol. The summed E-state index contributed by atoms with van der Waals surface area (Å²) >= 11 is 0. The fraction of sp³-hybridized carbons (Fsp3) is 0.556. The number of amides is 1. The Hall–Kier alpha value is -2.55. The molecule has 0 saturated carbocycles. The quantitative estimate of drug-likeness (QED) is 0.794. The van der Waals surface area contributed by atoms with Crippen LogP contribution in [0.1, 0.15) is 30.3 Å². The van der Waals surface area contributed by atoms with Crippen LogP contribution in [0.2, 0.25) is 0 Å². The molecule has 27 heavy (non-hydrogen) atoms. The Morgan fingerprint density at radius 2 is 1.89 bits per heavy atom. The Labute approximate surface area is 155 Å². The Balaban J connectivity index is 1.41. The van der Waals surface area contributed by atoms with Crippen molar-refractivity contribution < 1.29 is 13.9 Å². The number of tetrazole rings is 1. The van der Waals surface area contributed by atoms with E-state index in [1.54, 1.807) is 21.7 Å². The number of hydrogen-bond donors (Lipinski definition) is 0. The first kappa shape index (κ1) is 16.6. The van der Waals surface area contributed by atoms with Crippen LogP contribution >= 0.6 is 0 Å². The number of piperidine rings is 3. The normalized spacial score (nSPS) is 29.4. The van der Waals surface area contributed by atoms with Gasteiger partial charge in [0.25, 0.3) is 0 Å². The maximum Gasteiger partial charge on any atom is 0.411 e. The molecule has 5 heterocycles. The Bertz CT molecular complexity index is 833. The van der Waals surface area contributed by atoms with E-state index < -0.39 is 6.04 Å². The van der Waals surface area contributed by atoms with Gasteiger partial charge in [0, 0.05) is 13.1 Å². The zero-order valence-corrected chi connectivity index (χ0v) is 14.9. The second kappa shape index (κ2) is 6.56. The van der Waals surface area contributed by atoms with Gasteiger partial charge in [0.15, 0.2) is 5.82 Å². The van der Waals surface area contributed by atoms with Crippen molar-refractivity contribution in [2.75, 3.05) is 26.2 Å². The van der Waals surface area contributed by atoms with Gasteiger partial charge in [0.2, 0.25) is 0 Å². The lowest BCUT2D eigenvalue weighted by atomic mass is 9.86. The summed E-state index contributed by atoms with van der Waals surface area (Å²) in [4.78, 5) is 17.1. The Morgan fingerprint density at radius 3 is 2.59 bits per heavy atom. The van der Waals surface area contributed by atoms with Crippen LogP contribution in [0, 0.1) is 11.7 Å². The van der Waals surface area contributed by atoms with E-state index in [2.05, 4.69) is 20.4 Å². The number of fused-ring (bicyclic) bond motifs is 4. The number of carbonyl (C=O) groups is 1. The summed E-state index contributed by atoms with van der Waals surface area (Å²) in [6, 6.07) is 5.62. The van der Waals surface area contributed by atoms with Gasteiger partial charge >= 0.3 is 6.09 Å². The van der Waals surface area contributed by atoms with Crippen molar-refractivity contribution in [3.8, 4) is 0 Å². The standard InChI is InChI=1S/C18H21FN6O2/c19-14-3-1-13(2-4-14)16-17-20-21-22-25(17)10-9-24(16)18(26)27-15-11-23-7-5-12(15)6-8-23/h1-4,12,15-16H,5-11H2/t15-,16?/m1/s1. The van der Waals surface area contributed by atoms with Crippen molar-refractivity contribution in [2.24, 2.45) is 5.92 Å². The molecule has 9 heteroatoms. The maximum absolute atomic E-state index is 13.4. The third-order valence-corrected chi connectivity index (χ3v) is 5.94. The van der Waals surface area contributed by atoms with Crippen molar-refractivity contribution in [2.45, 2.75) is 31.5 Å². The number of aromatic nitrogens is 4.